The fourth-order valence-electron chi connectivity index (χ4n) is 4.67. The van der Waals surface area contributed by atoms with Gasteiger partial charge in [-0.25, -0.2) is 9.67 Å². The molecule has 180 valence electrons. The van der Waals surface area contributed by atoms with Gasteiger partial charge in [0.05, 0.1) is 30.0 Å². The molecule has 1 amide bonds. The molecule has 0 unspecified atom stereocenters. The predicted molar refractivity (Wildman–Crippen MR) is 139 cm³/mol. The maximum Gasteiger partial charge on any atom is 0.254 e. The van der Waals surface area contributed by atoms with E-state index in [1.807, 2.05) is 58.1 Å². The maximum atomic E-state index is 13.9. The summed E-state index contributed by atoms with van der Waals surface area (Å²) in [7, 11) is 1.68. The Kier molecular flexibility index (Phi) is 6.40. The van der Waals surface area contributed by atoms with Crippen LogP contribution in [0.4, 0.5) is 5.69 Å². The Morgan fingerprint density at radius 3 is 2.46 bits per heavy atom. The number of anilines is 1. The molecule has 3 heterocycles. The summed E-state index contributed by atoms with van der Waals surface area (Å²) in [5.41, 5.74) is 4.34. The number of rotatable bonds is 5. The number of aromatic nitrogens is 3. The molecule has 7 heteroatoms. The van der Waals surface area contributed by atoms with Gasteiger partial charge in [0.1, 0.15) is 5.75 Å². The highest BCUT2D eigenvalue weighted by Gasteiger charge is 2.25. The second-order valence-corrected chi connectivity index (χ2v) is 9.17. The fourth-order valence-corrected chi connectivity index (χ4v) is 4.67. The summed E-state index contributed by atoms with van der Waals surface area (Å²) in [5, 5.41) is 5.37. The van der Waals surface area contributed by atoms with Crippen LogP contribution >= 0.6 is 0 Å². The van der Waals surface area contributed by atoms with Crippen molar-refractivity contribution >= 4 is 22.6 Å². The summed E-state index contributed by atoms with van der Waals surface area (Å²) in [5.74, 6) is 0.882. The third-order valence-corrected chi connectivity index (χ3v) is 6.58. The first-order valence-corrected chi connectivity index (χ1v) is 12.2. The van der Waals surface area contributed by atoms with Gasteiger partial charge in [-0.15, -0.1) is 0 Å². The second kappa shape index (κ2) is 9.78. The fraction of sp³-hybridized carbons (Fsp3) is 0.321. The van der Waals surface area contributed by atoms with Gasteiger partial charge in [-0.2, -0.15) is 5.10 Å². The van der Waals surface area contributed by atoms with Crippen LogP contribution in [0, 0.1) is 0 Å². The van der Waals surface area contributed by atoms with Crippen molar-refractivity contribution < 1.29 is 9.53 Å². The average molecular weight is 470 g/mol. The molecule has 0 N–H and O–H groups in total. The predicted octanol–water partition coefficient (Wildman–Crippen LogP) is 5.04. The summed E-state index contributed by atoms with van der Waals surface area (Å²) in [6, 6.07) is 20.2. The number of amides is 1. The van der Waals surface area contributed by atoms with E-state index in [1.54, 1.807) is 13.3 Å². The van der Waals surface area contributed by atoms with Gasteiger partial charge in [0.2, 0.25) is 0 Å². The van der Waals surface area contributed by atoms with Crippen molar-refractivity contribution in [1.82, 2.24) is 19.7 Å². The van der Waals surface area contributed by atoms with E-state index in [4.69, 9.17) is 9.72 Å². The highest BCUT2D eigenvalue weighted by atomic mass is 16.5. The lowest BCUT2D eigenvalue weighted by Crippen LogP contribution is -2.35. The van der Waals surface area contributed by atoms with Gasteiger partial charge in [-0.3, -0.25) is 4.79 Å². The standard InChI is InChI=1S/C28H31N5O2/c1-20(2)33-27-25(19-29-33)24(18-26(30-27)21-8-5-4-6-9-21)28(34)32-15-7-14-31(16-17-32)22-10-12-23(35-3)13-11-22/h4-6,8-13,18-20H,7,14-17H2,1-3H3. The molecule has 7 nitrogen and oxygen atoms in total. The molecule has 2 aromatic heterocycles. The molecule has 5 rings (SSSR count). The minimum absolute atomic E-state index is 0.0365. The molecular formula is C28H31N5O2. The SMILES string of the molecule is COc1ccc(N2CCCN(C(=O)c3cc(-c4ccccc4)nc4c3cnn4C(C)C)CC2)cc1. The summed E-state index contributed by atoms with van der Waals surface area (Å²) in [6.07, 6.45) is 2.69. The van der Waals surface area contributed by atoms with Crippen LogP contribution < -0.4 is 9.64 Å². The normalized spacial score (nSPS) is 14.4. The number of benzene rings is 2. The monoisotopic (exact) mass is 469 g/mol. The zero-order valence-corrected chi connectivity index (χ0v) is 20.5. The third kappa shape index (κ3) is 4.58. The van der Waals surface area contributed by atoms with E-state index < -0.39 is 0 Å². The average Bonchev–Trinajstić information content (AvgIpc) is 3.18. The Bertz CT molecular complexity index is 1310. The van der Waals surface area contributed by atoms with Gasteiger partial charge in [-0.05, 0) is 50.6 Å². The van der Waals surface area contributed by atoms with Gasteiger partial charge in [-0.1, -0.05) is 30.3 Å². The van der Waals surface area contributed by atoms with Crippen molar-refractivity contribution in [1.29, 1.82) is 0 Å². The zero-order chi connectivity index (χ0) is 24.4. The molecule has 1 fully saturated rings. The molecule has 4 aromatic rings. The van der Waals surface area contributed by atoms with Gasteiger partial charge in [0, 0.05) is 43.5 Å². The van der Waals surface area contributed by atoms with E-state index in [0.717, 1.165) is 53.2 Å². The quantitative estimate of drug-likeness (QED) is 0.410. The highest BCUT2D eigenvalue weighted by molar-refractivity contribution is 6.06. The first-order valence-electron chi connectivity index (χ1n) is 12.2. The number of carbonyl (C=O) groups excluding carboxylic acids is 1. The Morgan fingerprint density at radius 1 is 0.971 bits per heavy atom. The second-order valence-electron chi connectivity index (χ2n) is 9.17. The molecule has 0 aliphatic carbocycles. The Balaban J connectivity index is 1.45. The van der Waals surface area contributed by atoms with Crippen LogP contribution in [0.1, 0.15) is 36.7 Å². The number of fused-ring (bicyclic) bond motifs is 1. The molecule has 0 atom stereocenters. The molecule has 1 saturated heterocycles. The number of nitrogens with zero attached hydrogens (tertiary/aromatic N) is 5. The Morgan fingerprint density at radius 2 is 1.74 bits per heavy atom. The largest absolute Gasteiger partial charge is 0.497 e. The number of ether oxygens (including phenoxy) is 1. The number of hydrogen-bond donors (Lipinski definition) is 0. The van der Waals surface area contributed by atoms with Crippen molar-refractivity contribution in [3.8, 4) is 17.0 Å². The van der Waals surface area contributed by atoms with Gasteiger partial charge in [0.15, 0.2) is 5.65 Å². The number of methoxy groups -OCH3 is 1. The van der Waals surface area contributed by atoms with E-state index in [-0.39, 0.29) is 11.9 Å². The van der Waals surface area contributed by atoms with Crippen LogP contribution in [0.15, 0.2) is 66.9 Å². The van der Waals surface area contributed by atoms with Crippen LogP contribution in [-0.2, 0) is 0 Å². The smallest absolute Gasteiger partial charge is 0.254 e. The molecule has 1 aliphatic heterocycles. The Hall–Kier alpha value is -3.87. The van der Waals surface area contributed by atoms with Crippen molar-refractivity contribution in [2.75, 3.05) is 38.2 Å². The molecule has 0 radical (unpaired) electrons. The van der Waals surface area contributed by atoms with Crippen LogP contribution in [-0.4, -0.2) is 58.9 Å². The molecule has 0 bridgehead atoms. The van der Waals surface area contributed by atoms with Crippen molar-refractivity contribution in [3.63, 3.8) is 0 Å². The zero-order valence-electron chi connectivity index (χ0n) is 20.5. The van der Waals surface area contributed by atoms with E-state index in [0.29, 0.717) is 18.7 Å². The minimum Gasteiger partial charge on any atom is -0.497 e. The maximum absolute atomic E-state index is 13.9. The number of hydrogen-bond acceptors (Lipinski definition) is 5. The topological polar surface area (TPSA) is 63.5 Å². The van der Waals surface area contributed by atoms with Crippen LogP contribution in [0.25, 0.3) is 22.3 Å². The molecule has 1 aliphatic rings. The Labute approximate surface area is 205 Å². The van der Waals surface area contributed by atoms with Crippen LogP contribution in [0.5, 0.6) is 5.75 Å². The first-order chi connectivity index (χ1) is 17.0. The highest BCUT2D eigenvalue weighted by Crippen LogP contribution is 2.28. The molecular weight excluding hydrogens is 438 g/mol. The number of pyridine rings is 1. The van der Waals surface area contributed by atoms with Crippen molar-refractivity contribution in [2.24, 2.45) is 0 Å². The molecule has 0 spiro atoms. The lowest BCUT2D eigenvalue weighted by atomic mass is 10.1. The van der Waals surface area contributed by atoms with E-state index in [1.165, 1.54) is 0 Å². The van der Waals surface area contributed by atoms with Gasteiger partial charge in [0.25, 0.3) is 5.91 Å². The molecule has 2 aromatic carbocycles. The third-order valence-electron chi connectivity index (χ3n) is 6.58. The van der Waals surface area contributed by atoms with E-state index in [9.17, 15) is 4.79 Å². The van der Waals surface area contributed by atoms with Crippen molar-refractivity contribution in [2.45, 2.75) is 26.3 Å². The summed E-state index contributed by atoms with van der Waals surface area (Å²) in [4.78, 5) is 23.1. The summed E-state index contributed by atoms with van der Waals surface area (Å²) in [6.45, 7) is 7.22. The molecule has 0 saturated carbocycles. The van der Waals surface area contributed by atoms with Crippen molar-refractivity contribution in [3.05, 3.63) is 72.4 Å². The van der Waals surface area contributed by atoms with Gasteiger partial charge < -0.3 is 14.5 Å². The number of carbonyl (C=O) groups is 1. The van der Waals surface area contributed by atoms with E-state index in [2.05, 4.69) is 36.0 Å². The van der Waals surface area contributed by atoms with E-state index >= 15 is 0 Å². The molecule has 35 heavy (non-hydrogen) atoms. The minimum atomic E-state index is 0.0365. The summed E-state index contributed by atoms with van der Waals surface area (Å²) >= 11 is 0. The van der Waals surface area contributed by atoms with Crippen LogP contribution in [0.2, 0.25) is 0 Å². The van der Waals surface area contributed by atoms with Crippen LogP contribution in [0.3, 0.4) is 0 Å². The van der Waals surface area contributed by atoms with Gasteiger partial charge >= 0.3 is 0 Å². The lowest BCUT2D eigenvalue weighted by Gasteiger charge is -2.24. The lowest BCUT2D eigenvalue weighted by molar-refractivity contribution is 0.0769. The summed E-state index contributed by atoms with van der Waals surface area (Å²) < 4.78 is 7.18. The first kappa shape index (κ1) is 22.9.